The van der Waals surface area contributed by atoms with Gasteiger partial charge in [-0.25, -0.2) is 16.5 Å². The van der Waals surface area contributed by atoms with Gasteiger partial charge in [0.05, 0.1) is 18.2 Å². The molecule has 0 N–H and O–H groups in total. The van der Waals surface area contributed by atoms with Crippen LogP contribution in [0.2, 0.25) is 0 Å². The highest BCUT2D eigenvalue weighted by atomic mass is 16.5. The Hall–Kier alpha value is -3.07. The lowest BCUT2D eigenvalue weighted by molar-refractivity contribution is 0.414. The molecule has 4 rings (SSSR count). The first-order chi connectivity index (χ1) is 14.8. The molecule has 3 heterocycles. The summed E-state index contributed by atoms with van der Waals surface area (Å²) >= 11 is 0. The first-order valence-electron chi connectivity index (χ1n) is 11.0. The van der Waals surface area contributed by atoms with Crippen molar-refractivity contribution in [2.24, 2.45) is 5.92 Å². The van der Waals surface area contributed by atoms with Crippen LogP contribution in [-0.2, 0) is 0 Å². The lowest BCUT2D eigenvalue weighted by Crippen LogP contribution is -2.35. The minimum atomic E-state index is 0.504. The summed E-state index contributed by atoms with van der Waals surface area (Å²) in [5.74, 6) is 3.20. The molecule has 0 aliphatic carbocycles. The summed E-state index contributed by atoms with van der Waals surface area (Å²) in [6.07, 6.45) is 2.09. The molecule has 1 fully saturated rings. The fourth-order valence-electron chi connectivity index (χ4n) is 4.89. The van der Waals surface area contributed by atoms with Crippen LogP contribution >= 0.6 is 0 Å². The summed E-state index contributed by atoms with van der Waals surface area (Å²) in [5, 5.41) is 1.14. The second kappa shape index (κ2) is 8.22. The maximum absolute atomic E-state index is 7.17. The average Bonchev–Trinajstić information content (AvgIpc) is 2.98. The highest BCUT2D eigenvalue weighted by molar-refractivity contribution is 5.94. The average molecular weight is 418 g/mol. The van der Waals surface area contributed by atoms with E-state index in [9.17, 15) is 0 Å². The molecule has 3 aromatic rings. The molecule has 0 atom stereocenters. The van der Waals surface area contributed by atoms with Gasteiger partial charge in [0.15, 0.2) is 5.65 Å². The molecule has 31 heavy (non-hydrogen) atoms. The van der Waals surface area contributed by atoms with Crippen LogP contribution in [0.5, 0.6) is 5.75 Å². The Morgan fingerprint density at radius 2 is 1.71 bits per heavy atom. The van der Waals surface area contributed by atoms with Crippen LogP contribution in [0.3, 0.4) is 0 Å². The fraction of sp³-hybridized carbons (Fsp3) is 0.480. The Kier molecular flexibility index (Phi) is 5.62. The third-order valence-corrected chi connectivity index (χ3v) is 6.63. The Morgan fingerprint density at radius 1 is 1.06 bits per heavy atom. The summed E-state index contributed by atoms with van der Waals surface area (Å²) in [4.78, 5) is 15.8. The molecule has 162 valence electrons. The van der Waals surface area contributed by atoms with Gasteiger partial charge in [-0.1, -0.05) is 0 Å². The maximum atomic E-state index is 7.17. The Bertz CT molecular complexity index is 1160. The summed E-state index contributed by atoms with van der Waals surface area (Å²) in [6, 6.07) is 4.17. The molecule has 0 radical (unpaired) electrons. The zero-order chi connectivity index (χ0) is 22.3. The van der Waals surface area contributed by atoms with Crippen molar-refractivity contribution >= 4 is 16.9 Å². The normalized spacial score (nSPS) is 14.8. The predicted molar refractivity (Wildman–Crippen MR) is 126 cm³/mol. The van der Waals surface area contributed by atoms with Crippen LogP contribution in [0.15, 0.2) is 12.1 Å². The van der Waals surface area contributed by atoms with Crippen LogP contribution in [-0.4, -0.2) is 41.3 Å². The molecule has 1 aliphatic heterocycles. The van der Waals surface area contributed by atoms with Gasteiger partial charge in [-0.3, -0.25) is 4.57 Å². The van der Waals surface area contributed by atoms with E-state index in [2.05, 4.69) is 54.1 Å². The number of hydrogen-bond donors (Lipinski definition) is 0. The predicted octanol–water partition coefficient (Wildman–Crippen LogP) is 5.11. The van der Waals surface area contributed by atoms with Gasteiger partial charge >= 0.3 is 0 Å². The van der Waals surface area contributed by atoms with Crippen molar-refractivity contribution in [2.75, 3.05) is 31.6 Å². The zero-order valence-corrected chi connectivity index (χ0v) is 19.4. The first-order valence-corrected chi connectivity index (χ1v) is 11.0. The van der Waals surface area contributed by atoms with E-state index in [-0.39, 0.29) is 0 Å². The summed E-state index contributed by atoms with van der Waals surface area (Å²) in [5.41, 5.74) is 6.87. The third kappa shape index (κ3) is 3.63. The maximum Gasteiger partial charge on any atom is 0.217 e. The van der Waals surface area contributed by atoms with E-state index in [0.29, 0.717) is 12.5 Å². The van der Waals surface area contributed by atoms with E-state index < -0.39 is 0 Å². The van der Waals surface area contributed by atoms with Crippen molar-refractivity contribution in [3.63, 3.8) is 0 Å². The molecule has 0 saturated carbocycles. The van der Waals surface area contributed by atoms with Crippen molar-refractivity contribution in [2.45, 2.75) is 47.5 Å². The van der Waals surface area contributed by atoms with E-state index in [1.165, 1.54) is 11.3 Å². The van der Waals surface area contributed by atoms with E-state index in [1.54, 1.807) is 7.11 Å². The number of methoxy groups -OCH3 is 1. The minimum absolute atomic E-state index is 0.504. The van der Waals surface area contributed by atoms with Gasteiger partial charge in [0.2, 0.25) is 6.54 Å². The van der Waals surface area contributed by atoms with E-state index in [0.717, 1.165) is 71.2 Å². The molecule has 0 spiro atoms. The van der Waals surface area contributed by atoms with Gasteiger partial charge in [-0.15, -0.1) is 0 Å². The van der Waals surface area contributed by atoms with Gasteiger partial charge in [0.1, 0.15) is 17.4 Å². The topological polar surface area (TPSA) is 47.5 Å². The second-order valence-electron chi connectivity index (χ2n) is 8.72. The Labute approximate surface area is 184 Å². The standard InChI is InChI=1S/C25H31N5O/c1-15-12-21(31-7)13-16(2)23(15)30-18(4)17(3)22-24(27-19(5)28-25(22)30)29-10-8-20(9-11-29)14-26-6/h12-13,20H,8-11,14H2,1-5,7H3. The quantitative estimate of drug-likeness (QED) is 0.554. The molecule has 1 saturated heterocycles. The molecule has 0 bridgehead atoms. The summed E-state index contributed by atoms with van der Waals surface area (Å²) in [6.45, 7) is 20.3. The largest absolute Gasteiger partial charge is 0.497 e. The van der Waals surface area contributed by atoms with Gasteiger partial charge in [-0.2, -0.15) is 0 Å². The number of rotatable bonds is 4. The first kappa shape index (κ1) is 21.2. The van der Waals surface area contributed by atoms with Crippen LogP contribution in [0, 0.1) is 47.1 Å². The van der Waals surface area contributed by atoms with E-state index in [1.807, 2.05) is 6.92 Å². The van der Waals surface area contributed by atoms with Crippen molar-refractivity contribution in [3.8, 4) is 11.4 Å². The van der Waals surface area contributed by atoms with Gasteiger partial charge in [-0.05, 0) is 76.3 Å². The monoisotopic (exact) mass is 417 g/mol. The number of anilines is 1. The second-order valence-corrected chi connectivity index (χ2v) is 8.72. The van der Waals surface area contributed by atoms with E-state index in [4.69, 9.17) is 21.3 Å². The number of benzene rings is 1. The number of hydrogen-bond acceptors (Lipinski definition) is 4. The minimum Gasteiger partial charge on any atom is -0.497 e. The Morgan fingerprint density at radius 3 is 2.29 bits per heavy atom. The van der Waals surface area contributed by atoms with Crippen LogP contribution < -0.4 is 9.64 Å². The molecule has 6 nitrogen and oxygen atoms in total. The number of aryl methyl sites for hydroxylation is 4. The van der Waals surface area contributed by atoms with Crippen LogP contribution in [0.1, 0.15) is 41.1 Å². The van der Waals surface area contributed by atoms with Gasteiger partial charge < -0.3 is 14.5 Å². The van der Waals surface area contributed by atoms with Gasteiger partial charge in [0.25, 0.3) is 0 Å². The molecular weight excluding hydrogens is 386 g/mol. The SMILES string of the molecule is [C-]#[N+]CC1CCN(c2nc(C)nc3c2c(C)c(C)n3-c2c(C)cc(OC)cc2C)CC1. The lowest BCUT2D eigenvalue weighted by atomic mass is 9.97. The molecule has 6 heteroatoms. The highest BCUT2D eigenvalue weighted by Gasteiger charge is 2.27. The van der Waals surface area contributed by atoms with E-state index >= 15 is 0 Å². The highest BCUT2D eigenvalue weighted by Crippen LogP contribution is 2.37. The molecule has 2 aromatic heterocycles. The smallest absolute Gasteiger partial charge is 0.217 e. The van der Waals surface area contributed by atoms with Crippen molar-refractivity contribution < 1.29 is 4.74 Å². The molecule has 1 aromatic carbocycles. The number of nitrogens with zero attached hydrogens (tertiary/aromatic N) is 5. The number of aromatic nitrogens is 3. The third-order valence-electron chi connectivity index (χ3n) is 6.63. The molecule has 0 unspecified atom stereocenters. The van der Waals surface area contributed by atoms with Crippen LogP contribution in [0.25, 0.3) is 21.6 Å². The van der Waals surface area contributed by atoms with Crippen molar-refractivity contribution in [3.05, 3.63) is 51.8 Å². The summed E-state index contributed by atoms with van der Waals surface area (Å²) in [7, 11) is 1.71. The summed E-state index contributed by atoms with van der Waals surface area (Å²) < 4.78 is 7.76. The molecular formula is C25H31N5O. The Balaban J connectivity index is 1.88. The number of ether oxygens (including phenoxy) is 1. The zero-order valence-electron chi connectivity index (χ0n) is 19.4. The van der Waals surface area contributed by atoms with Crippen LogP contribution in [0.4, 0.5) is 5.82 Å². The number of piperidine rings is 1. The number of fused-ring (bicyclic) bond motifs is 1. The van der Waals surface area contributed by atoms with Gasteiger partial charge in [0, 0.05) is 24.7 Å². The molecule has 1 aliphatic rings. The van der Waals surface area contributed by atoms with Crippen molar-refractivity contribution in [1.82, 2.24) is 14.5 Å². The fourth-order valence-corrected chi connectivity index (χ4v) is 4.89. The lowest BCUT2D eigenvalue weighted by Gasteiger charge is -2.31. The van der Waals surface area contributed by atoms with Crippen molar-refractivity contribution in [1.29, 1.82) is 0 Å². The molecule has 0 amide bonds.